The smallest absolute Gasteiger partial charge is 0.338 e. The van der Waals surface area contributed by atoms with Gasteiger partial charge in [0.05, 0.1) is 17.8 Å². The zero-order chi connectivity index (χ0) is 23.5. The molecule has 1 aliphatic rings. The molecule has 1 unspecified atom stereocenters. The van der Waals surface area contributed by atoms with Gasteiger partial charge in [-0.25, -0.2) is 4.79 Å². The van der Waals surface area contributed by atoms with Crippen molar-refractivity contribution in [1.29, 1.82) is 0 Å². The molecule has 0 spiro atoms. The maximum absolute atomic E-state index is 12.9. The van der Waals surface area contributed by atoms with Crippen molar-refractivity contribution in [2.75, 3.05) is 25.1 Å². The van der Waals surface area contributed by atoms with Crippen LogP contribution in [-0.2, 0) is 14.3 Å². The molecule has 170 valence electrons. The van der Waals surface area contributed by atoms with E-state index < -0.39 is 24.6 Å². The van der Waals surface area contributed by atoms with Crippen LogP contribution in [-0.4, -0.2) is 48.7 Å². The molecule has 1 aromatic heterocycles. The Morgan fingerprint density at radius 3 is 2.33 bits per heavy atom. The zero-order valence-electron chi connectivity index (χ0n) is 18.7. The van der Waals surface area contributed by atoms with Crippen LogP contribution in [0.25, 0.3) is 5.69 Å². The first-order chi connectivity index (χ1) is 15.9. The number of esters is 1. The van der Waals surface area contributed by atoms with Gasteiger partial charge in [0.15, 0.2) is 12.7 Å². The second-order valence-electron chi connectivity index (χ2n) is 7.77. The van der Waals surface area contributed by atoms with Crippen molar-refractivity contribution in [3.63, 3.8) is 0 Å². The number of carbonyl (C=O) groups is 3. The van der Waals surface area contributed by atoms with E-state index in [0.717, 1.165) is 17.1 Å². The Labute approximate surface area is 191 Å². The number of para-hydroxylation sites is 2. The van der Waals surface area contributed by atoms with Crippen LogP contribution in [0.15, 0.2) is 60.7 Å². The van der Waals surface area contributed by atoms with Gasteiger partial charge in [-0.05, 0) is 62.4 Å². The Hall–Kier alpha value is -4.07. The Balaban J connectivity index is 1.44. The maximum atomic E-state index is 12.9. The standard InChI is InChI=1S/C25H25N3O5/c1-16-8-9-17(2)28(16)19-12-10-18(11-13-19)25(31)32-15-23(29)27-14-22(24(30)26-3)33-21-7-5-4-6-20(21)27/h4-13,22H,14-15H2,1-3H3,(H,26,30). The summed E-state index contributed by atoms with van der Waals surface area (Å²) in [6.07, 6.45) is -0.849. The van der Waals surface area contributed by atoms with Crippen molar-refractivity contribution >= 4 is 23.5 Å². The number of rotatable bonds is 5. The number of amides is 2. The van der Waals surface area contributed by atoms with Crippen LogP contribution in [0.1, 0.15) is 21.7 Å². The fourth-order valence-corrected chi connectivity index (χ4v) is 3.88. The molecule has 2 heterocycles. The molecular formula is C25H25N3O5. The molecule has 1 atom stereocenters. The first-order valence-electron chi connectivity index (χ1n) is 10.6. The number of ether oxygens (including phenoxy) is 2. The number of aryl methyl sites for hydroxylation is 2. The van der Waals surface area contributed by atoms with Crippen LogP contribution in [0, 0.1) is 13.8 Å². The Bertz CT molecular complexity index is 1180. The minimum absolute atomic E-state index is 0.0251. The Morgan fingerprint density at radius 1 is 1.00 bits per heavy atom. The van der Waals surface area contributed by atoms with Crippen molar-refractivity contribution in [2.24, 2.45) is 0 Å². The van der Waals surface area contributed by atoms with Crippen LogP contribution in [0.3, 0.4) is 0 Å². The van der Waals surface area contributed by atoms with Crippen LogP contribution >= 0.6 is 0 Å². The lowest BCUT2D eigenvalue weighted by atomic mass is 10.1. The number of hydrogen-bond donors (Lipinski definition) is 1. The van der Waals surface area contributed by atoms with E-state index in [1.807, 2.05) is 38.1 Å². The molecule has 8 heteroatoms. The molecule has 1 N–H and O–H groups in total. The third-order valence-electron chi connectivity index (χ3n) is 5.57. The third kappa shape index (κ3) is 4.45. The Kier molecular flexibility index (Phi) is 6.17. The predicted octanol–water partition coefficient (Wildman–Crippen LogP) is 2.79. The summed E-state index contributed by atoms with van der Waals surface area (Å²) in [5.41, 5.74) is 4.00. The van der Waals surface area contributed by atoms with Crippen LogP contribution in [0.4, 0.5) is 5.69 Å². The molecule has 0 saturated heterocycles. The summed E-state index contributed by atoms with van der Waals surface area (Å²) in [5.74, 6) is -0.959. The molecule has 0 fully saturated rings. The summed E-state index contributed by atoms with van der Waals surface area (Å²) < 4.78 is 13.1. The molecule has 2 amide bonds. The number of aromatic nitrogens is 1. The number of carbonyl (C=O) groups excluding carboxylic acids is 3. The van der Waals surface area contributed by atoms with Crippen molar-refractivity contribution in [1.82, 2.24) is 9.88 Å². The van der Waals surface area contributed by atoms with Crippen LogP contribution in [0.5, 0.6) is 5.75 Å². The summed E-state index contributed by atoms with van der Waals surface area (Å²) in [5, 5.41) is 2.53. The predicted molar refractivity (Wildman–Crippen MR) is 123 cm³/mol. The van der Waals surface area contributed by atoms with E-state index in [0.29, 0.717) is 17.0 Å². The molecular weight excluding hydrogens is 422 g/mol. The van der Waals surface area contributed by atoms with E-state index in [1.54, 1.807) is 36.4 Å². The molecule has 0 radical (unpaired) electrons. The fourth-order valence-electron chi connectivity index (χ4n) is 3.88. The summed E-state index contributed by atoms with van der Waals surface area (Å²) in [6, 6.07) is 18.0. The zero-order valence-corrected chi connectivity index (χ0v) is 18.7. The van der Waals surface area contributed by atoms with E-state index in [-0.39, 0.29) is 12.5 Å². The summed E-state index contributed by atoms with van der Waals surface area (Å²) in [4.78, 5) is 38.9. The number of likely N-dealkylation sites (N-methyl/N-ethyl adjacent to an activating group) is 1. The monoisotopic (exact) mass is 447 g/mol. The highest BCUT2D eigenvalue weighted by molar-refractivity contribution is 5.99. The van der Waals surface area contributed by atoms with Gasteiger partial charge in [0.25, 0.3) is 11.8 Å². The van der Waals surface area contributed by atoms with E-state index in [4.69, 9.17) is 9.47 Å². The number of benzene rings is 2. The van der Waals surface area contributed by atoms with Gasteiger partial charge in [-0.15, -0.1) is 0 Å². The van der Waals surface area contributed by atoms with Gasteiger partial charge < -0.3 is 24.3 Å². The number of nitrogens with one attached hydrogen (secondary N) is 1. The summed E-state index contributed by atoms with van der Waals surface area (Å²) >= 11 is 0. The second kappa shape index (κ2) is 9.20. The maximum Gasteiger partial charge on any atom is 0.338 e. The average molecular weight is 447 g/mol. The lowest BCUT2D eigenvalue weighted by molar-refractivity contribution is -0.128. The molecule has 0 bridgehead atoms. The quantitative estimate of drug-likeness (QED) is 0.608. The van der Waals surface area contributed by atoms with Crippen molar-refractivity contribution in [2.45, 2.75) is 20.0 Å². The molecule has 1 aliphatic heterocycles. The highest BCUT2D eigenvalue weighted by Gasteiger charge is 2.33. The summed E-state index contributed by atoms with van der Waals surface area (Å²) in [7, 11) is 1.50. The SMILES string of the molecule is CNC(=O)C1CN(C(=O)COC(=O)c2ccc(-n3c(C)ccc3C)cc2)c2ccccc2O1. The molecule has 8 nitrogen and oxygen atoms in total. The number of fused-ring (bicyclic) bond motifs is 1. The van der Waals surface area contributed by atoms with Gasteiger partial charge in [-0.1, -0.05) is 12.1 Å². The van der Waals surface area contributed by atoms with Gasteiger partial charge in [-0.2, -0.15) is 0 Å². The molecule has 3 aromatic rings. The molecule has 2 aromatic carbocycles. The minimum Gasteiger partial charge on any atom is -0.477 e. The highest BCUT2D eigenvalue weighted by atomic mass is 16.5. The van der Waals surface area contributed by atoms with Gasteiger partial charge in [0.1, 0.15) is 5.75 Å². The molecule has 4 rings (SSSR count). The van der Waals surface area contributed by atoms with Gasteiger partial charge >= 0.3 is 5.97 Å². The van der Waals surface area contributed by atoms with Gasteiger partial charge in [0.2, 0.25) is 0 Å². The van der Waals surface area contributed by atoms with Gasteiger partial charge in [0, 0.05) is 24.1 Å². The van der Waals surface area contributed by atoms with Crippen LogP contribution in [0.2, 0.25) is 0 Å². The van der Waals surface area contributed by atoms with E-state index in [2.05, 4.69) is 9.88 Å². The average Bonchev–Trinajstić information content (AvgIpc) is 3.18. The third-order valence-corrected chi connectivity index (χ3v) is 5.57. The van der Waals surface area contributed by atoms with Crippen LogP contribution < -0.4 is 15.0 Å². The van der Waals surface area contributed by atoms with Crippen molar-refractivity contribution in [3.8, 4) is 11.4 Å². The first kappa shape index (κ1) is 22.1. The fraction of sp³-hybridized carbons (Fsp3) is 0.240. The molecule has 0 saturated carbocycles. The van der Waals surface area contributed by atoms with E-state index in [1.165, 1.54) is 11.9 Å². The molecule has 0 aliphatic carbocycles. The Morgan fingerprint density at radius 2 is 1.67 bits per heavy atom. The highest BCUT2D eigenvalue weighted by Crippen LogP contribution is 2.33. The minimum atomic E-state index is -0.849. The van der Waals surface area contributed by atoms with Crippen molar-refractivity contribution in [3.05, 3.63) is 77.6 Å². The van der Waals surface area contributed by atoms with Gasteiger partial charge in [-0.3, -0.25) is 9.59 Å². The topological polar surface area (TPSA) is 89.9 Å². The van der Waals surface area contributed by atoms with E-state index in [9.17, 15) is 14.4 Å². The largest absolute Gasteiger partial charge is 0.477 e. The van der Waals surface area contributed by atoms with E-state index >= 15 is 0 Å². The second-order valence-corrected chi connectivity index (χ2v) is 7.77. The lowest BCUT2D eigenvalue weighted by Gasteiger charge is -2.33. The lowest BCUT2D eigenvalue weighted by Crippen LogP contribution is -2.51. The summed E-state index contributed by atoms with van der Waals surface area (Å²) in [6.45, 7) is 3.60. The number of anilines is 1. The first-order valence-corrected chi connectivity index (χ1v) is 10.6. The molecule has 33 heavy (non-hydrogen) atoms. The number of hydrogen-bond acceptors (Lipinski definition) is 5. The number of nitrogens with zero attached hydrogens (tertiary/aromatic N) is 2. The normalized spacial score (nSPS) is 14.8. The van der Waals surface area contributed by atoms with Crippen molar-refractivity contribution < 1.29 is 23.9 Å².